The summed E-state index contributed by atoms with van der Waals surface area (Å²) in [6, 6.07) is 13.1. The minimum Gasteiger partial charge on any atom is -0.467 e. The van der Waals surface area contributed by atoms with Crippen LogP contribution in [0.4, 0.5) is 0 Å². The number of aromatic nitrogens is 1. The average Bonchev–Trinajstić information content (AvgIpc) is 3.43. The Kier molecular flexibility index (Phi) is 5.80. The number of allylic oxidation sites excluding steroid dienone is 1. The molecule has 1 aliphatic heterocycles. The number of carbonyl (C=O) groups excluding carboxylic acids is 2. The van der Waals surface area contributed by atoms with Gasteiger partial charge in [0, 0.05) is 27.8 Å². The second-order valence-electron chi connectivity index (χ2n) is 7.62. The summed E-state index contributed by atoms with van der Waals surface area (Å²) in [5.74, 6) is -0.193. The van der Waals surface area contributed by atoms with Gasteiger partial charge in [0.2, 0.25) is 0 Å². The van der Waals surface area contributed by atoms with E-state index in [-0.39, 0.29) is 18.0 Å². The molecule has 0 bridgehead atoms. The molecular formula is C25H23ClN2O4. The number of furan rings is 1. The van der Waals surface area contributed by atoms with E-state index in [0.29, 0.717) is 22.1 Å². The minimum atomic E-state index is -0.548. The highest BCUT2D eigenvalue weighted by atomic mass is 35.5. The summed E-state index contributed by atoms with van der Waals surface area (Å²) >= 11 is 6.18. The molecular weight excluding hydrogens is 428 g/mol. The van der Waals surface area contributed by atoms with Gasteiger partial charge in [-0.05, 0) is 68.8 Å². The molecule has 1 aromatic carbocycles. The van der Waals surface area contributed by atoms with Crippen LogP contribution < -0.4 is 0 Å². The van der Waals surface area contributed by atoms with Gasteiger partial charge in [0.05, 0.1) is 31.1 Å². The number of amides is 1. The number of benzene rings is 1. The van der Waals surface area contributed by atoms with Gasteiger partial charge in [-0.1, -0.05) is 17.7 Å². The number of nitrogens with zero attached hydrogens (tertiary/aromatic N) is 2. The number of ether oxygens (including phenoxy) is 1. The molecule has 7 heteroatoms. The van der Waals surface area contributed by atoms with Gasteiger partial charge in [-0.15, -0.1) is 0 Å². The van der Waals surface area contributed by atoms with Crippen molar-refractivity contribution in [3.63, 3.8) is 0 Å². The number of rotatable bonds is 5. The molecule has 0 saturated heterocycles. The highest BCUT2D eigenvalue weighted by Gasteiger charge is 2.37. The van der Waals surface area contributed by atoms with Crippen LogP contribution in [-0.4, -0.2) is 28.5 Å². The monoisotopic (exact) mass is 450 g/mol. The third kappa shape index (κ3) is 3.78. The lowest BCUT2D eigenvalue weighted by Gasteiger charge is -2.16. The molecule has 32 heavy (non-hydrogen) atoms. The number of methoxy groups -OCH3 is 1. The largest absolute Gasteiger partial charge is 0.467 e. The first-order valence-electron chi connectivity index (χ1n) is 10.1. The molecule has 0 spiro atoms. The van der Waals surface area contributed by atoms with E-state index in [1.54, 1.807) is 31.4 Å². The van der Waals surface area contributed by atoms with Crippen molar-refractivity contribution in [1.82, 2.24) is 9.47 Å². The number of esters is 1. The molecule has 0 aliphatic carbocycles. The van der Waals surface area contributed by atoms with E-state index in [1.165, 1.54) is 12.0 Å². The van der Waals surface area contributed by atoms with E-state index in [0.717, 1.165) is 22.6 Å². The third-order valence-electron chi connectivity index (χ3n) is 5.63. The van der Waals surface area contributed by atoms with Gasteiger partial charge >= 0.3 is 5.97 Å². The topological polar surface area (TPSA) is 64.7 Å². The fourth-order valence-electron chi connectivity index (χ4n) is 4.08. The minimum absolute atomic E-state index is 0.233. The summed E-state index contributed by atoms with van der Waals surface area (Å²) in [5.41, 5.74) is 4.76. The fourth-order valence-corrected chi connectivity index (χ4v) is 4.26. The van der Waals surface area contributed by atoms with E-state index in [1.807, 2.05) is 44.2 Å². The van der Waals surface area contributed by atoms with Gasteiger partial charge in [0.1, 0.15) is 5.76 Å². The molecule has 1 amide bonds. The molecule has 4 rings (SSSR count). The van der Waals surface area contributed by atoms with E-state index in [2.05, 4.69) is 4.57 Å². The van der Waals surface area contributed by atoms with Crippen LogP contribution in [0.5, 0.6) is 0 Å². The number of hydrogen-bond acceptors (Lipinski definition) is 4. The van der Waals surface area contributed by atoms with Gasteiger partial charge in [0.25, 0.3) is 5.91 Å². The van der Waals surface area contributed by atoms with E-state index in [9.17, 15) is 9.59 Å². The van der Waals surface area contributed by atoms with E-state index in [4.69, 9.17) is 20.8 Å². The maximum atomic E-state index is 13.3. The molecule has 3 aromatic rings. The van der Waals surface area contributed by atoms with Crippen molar-refractivity contribution < 1.29 is 18.7 Å². The average molecular weight is 451 g/mol. The summed E-state index contributed by atoms with van der Waals surface area (Å²) in [6.45, 7) is 5.92. The zero-order valence-electron chi connectivity index (χ0n) is 18.3. The van der Waals surface area contributed by atoms with Crippen LogP contribution in [-0.2, 0) is 20.9 Å². The van der Waals surface area contributed by atoms with Crippen molar-refractivity contribution in [3.8, 4) is 5.69 Å². The maximum absolute atomic E-state index is 13.3. The zero-order chi connectivity index (χ0) is 23.0. The SMILES string of the molecule is COC(=O)C1=C(C)N(Cc2ccco2)C(=O)C1=Cc1cc(C)n(-c2cccc(Cl)c2)c1C. The van der Waals surface area contributed by atoms with Crippen LogP contribution in [0.1, 0.15) is 29.6 Å². The predicted octanol–water partition coefficient (Wildman–Crippen LogP) is 5.21. The second kappa shape index (κ2) is 8.55. The van der Waals surface area contributed by atoms with Gasteiger partial charge in [-0.3, -0.25) is 4.79 Å². The van der Waals surface area contributed by atoms with Gasteiger partial charge in [0.15, 0.2) is 0 Å². The molecule has 2 aromatic heterocycles. The Balaban J connectivity index is 1.79. The summed E-state index contributed by atoms with van der Waals surface area (Å²) in [7, 11) is 1.31. The second-order valence-corrected chi connectivity index (χ2v) is 8.06. The molecule has 0 atom stereocenters. The van der Waals surface area contributed by atoms with Gasteiger partial charge in [-0.2, -0.15) is 0 Å². The Morgan fingerprint density at radius 1 is 1.16 bits per heavy atom. The number of hydrogen-bond donors (Lipinski definition) is 0. The Bertz CT molecular complexity index is 1270. The first-order valence-corrected chi connectivity index (χ1v) is 10.5. The summed E-state index contributed by atoms with van der Waals surface area (Å²) in [6.07, 6.45) is 3.31. The van der Waals surface area contributed by atoms with Crippen LogP contribution in [0.15, 0.2) is 70.0 Å². The quantitative estimate of drug-likeness (QED) is 0.395. The molecule has 3 heterocycles. The highest BCUT2D eigenvalue weighted by Crippen LogP contribution is 2.34. The number of carbonyl (C=O) groups is 2. The van der Waals surface area contributed by atoms with E-state index >= 15 is 0 Å². The molecule has 0 saturated carbocycles. The summed E-state index contributed by atoms with van der Waals surface area (Å²) in [4.78, 5) is 27.5. The lowest BCUT2D eigenvalue weighted by atomic mass is 10.0. The molecule has 0 fully saturated rings. The molecule has 0 N–H and O–H groups in total. The number of halogens is 1. The van der Waals surface area contributed by atoms with Crippen LogP contribution in [0.25, 0.3) is 11.8 Å². The Labute approximate surface area is 191 Å². The van der Waals surface area contributed by atoms with Crippen LogP contribution in [0, 0.1) is 13.8 Å². The Morgan fingerprint density at radius 3 is 2.59 bits per heavy atom. The smallest absolute Gasteiger partial charge is 0.340 e. The van der Waals surface area contributed by atoms with E-state index < -0.39 is 5.97 Å². The van der Waals surface area contributed by atoms with Crippen LogP contribution in [0.2, 0.25) is 5.02 Å². The van der Waals surface area contributed by atoms with Crippen molar-refractivity contribution in [2.75, 3.05) is 7.11 Å². The molecule has 0 unspecified atom stereocenters. The Hall–Kier alpha value is -3.51. The lowest BCUT2D eigenvalue weighted by molar-refractivity contribution is -0.136. The zero-order valence-corrected chi connectivity index (χ0v) is 19.1. The predicted molar refractivity (Wildman–Crippen MR) is 122 cm³/mol. The van der Waals surface area contributed by atoms with Gasteiger partial charge in [-0.25, -0.2) is 4.79 Å². The molecule has 0 radical (unpaired) electrons. The third-order valence-corrected chi connectivity index (χ3v) is 5.87. The lowest BCUT2D eigenvalue weighted by Crippen LogP contribution is -2.24. The first kappa shape index (κ1) is 21.7. The molecule has 1 aliphatic rings. The Morgan fingerprint density at radius 2 is 1.94 bits per heavy atom. The summed E-state index contributed by atoms with van der Waals surface area (Å²) in [5, 5.41) is 0.640. The van der Waals surface area contributed by atoms with Crippen molar-refractivity contribution in [2.45, 2.75) is 27.3 Å². The van der Waals surface area contributed by atoms with Crippen molar-refractivity contribution in [3.05, 3.63) is 93.3 Å². The summed E-state index contributed by atoms with van der Waals surface area (Å²) < 4.78 is 12.4. The van der Waals surface area contributed by atoms with Crippen molar-refractivity contribution in [2.24, 2.45) is 0 Å². The fraction of sp³-hybridized carbons (Fsp3) is 0.200. The van der Waals surface area contributed by atoms with Crippen LogP contribution >= 0.6 is 11.6 Å². The first-order chi connectivity index (χ1) is 15.3. The van der Waals surface area contributed by atoms with Crippen molar-refractivity contribution in [1.29, 1.82) is 0 Å². The molecule has 6 nitrogen and oxygen atoms in total. The normalized spacial score (nSPS) is 15.2. The standard InChI is InChI=1S/C25H23ClN2O4/c1-15-11-18(16(2)28(15)20-8-5-7-19(26)13-20)12-22-23(25(30)31-4)17(3)27(24(22)29)14-21-9-6-10-32-21/h5-13H,14H2,1-4H3. The number of aryl methyl sites for hydroxylation is 1. The van der Waals surface area contributed by atoms with Crippen molar-refractivity contribution >= 4 is 29.6 Å². The highest BCUT2D eigenvalue weighted by molar-refractivity contribution is 6.30. The van der Waals surface area contributed by atoms with Crippen LogP contribution in [0.3, 0.4) is 0 Å². The molecule has 164 valence electrons. The maximum Gasteiger partial charge on any atom is 0.340 e. The van der Waals surface area contributed by atoms with Gasteiger partial charge < -0.3 is 18.6 Å².